The molecule has 3 aliphatic heterocycles. The lowest BCUT2D eigenvalue weighted by molar-refractivity contribution is -0.118. The molecule has 3 aliphatic rings. The number of carbonyl (C=O) groups excluding carboxylic acids is 1. The molecule has 2 aromatic carbocycles. The summed E-state index contributed by atoms with van der Waals surface area (Å²) >= 11 is 0. The van der Waals surface area contributed by atoms with Gasteiger partial charge in [-0.15, -0.1) is 0 Å². The fourth-order valence-electron chi connectivity index (χ4n) is 4.89. The molecule has 0 radical (unpaired) electrons. The quantitative estimate of drug-likeness (QED) is 0.772. The van der Waals surface area contributed by atoms with Crippen LogP contribution in [0.1, 0.15) is 30.4 Å². The molecule has 1 amide bonds. The molecule has 0 saturated carbocycles. The van der Waals surface area contributed by atoms with Gasteiger partial charge in [0.1, 0.15) is 0 Å². The first-order valence-electron chi connectivity index (χ1n) is 10.8. The number of hydrogen-bond donors (Lipinski definition) is 1. The third kappa shape index (κ3) is 3.78. The van der Waals surface area contributed by atoms with E-state index in [2.05, 4.69) is 9.62 Å². The van der Waals surface area contributed by atoms with Crippen LogP contribution >= 0.6 is 0 Å². The normalized spacial score (nSPS) is 18.9. The molecule has 5 rings (SSSR count). The minimum Gasteiger partial charge on any atom is -0.381 e. The Morgan fingerprint density at radius 2 is 1.65 bits per heavy atom. The van der Waals surface area contributed by atoms with E-state index in [0.717, 1.165) is 48.4 Å². The van der Waals surface area contributed by atoms with Gasteiger partial charge < -0.3 is 14.5 Å². The summed E-state index contributed by atoms with van der Waals surface area (Å²) in [5, 5.41) is 0. The average molecular weight is 442 g/mol. The van der Waals surface area contributed by atoms with E-state index in [4.69, 9.17) is 4.74 Å². The van der Waals surface area contributed by atoms with Crippen LogP contribution in [0.5, 0.6) is 0 Å². The van der Waals surface area contributed by atoms with Crippen LogP contribution in [-0.2, 0) is 32.4 Å². The number of ether oxygens (including phenoxy) is 1. The predicted octanol–water partition coefficient (Wildman–Crippen LogP) is 2.94. The van der Waals surface area contributed by atoms with E-state index in [1.54, 1.807) is 24.1 Å². The largest absolute Gasteiger partial charge is 0.381 e. The van der Waals surface area contributed by atoms with E-state index >= 15 is 0 Å². The summed E-state index contributed by atoms with van der Waals surface area (Å²) < 4.78 is 34.3. The monoisotopic (exact) mass is 441 g/mol. The van der Waals surface area contributed by atoms with E-state index in [1.807, 2.05) is 24.3 Å². The number of nitrogens with zero attached hydrogens (tertiary/aromatic N) is 2. The van der Waals surface area contributed by atoms with Gasteiger partial charge in [-0.3, -0.25) is 9.52 Å². The third-order valence-electron chi connectivity index (χ3n) is 6.60. The van der Waals surface area contributed by atoms with E-state index in [9.17, 15) is 13.2 Å². The molecule has 7 nitrogen and oxygen atoms in total. The fraction of sp³-hybridized carbons (Fsp3) is 0.435. The van der Waals surface area contributed by atoms with Crippen LogP contribution in [0.25, 0.3) is 0 Å². The highest BCUT2D eigenvalue weighted by Gasteiger charge is 2.33. The topological polar surface area (TPSA) is 79.0 Å². The Balaban J connectivity index is 1.33. The number of anilines is 3. The smallest absolute Gasteiger partial charge is 0.261 e. The molecule has 164 valence electrons. The van der Waals surface area contributed by atoms with E-state index in [1.165, 1.54) is 0 Å². The number of methoxy groups -OCH3 is 1. The second-order valence-electron chi connectivity index (χ2n) is 8.46. The Morgan fingerprint density at radius 3 is 2.32 bits per heavy atom. The van der Waals surface area contributed by atoms with Crippen molar-refractivity contribution in [2.24, 2.45) is 0 Å². The van der Waals surface area contributed by atoms with E-state index in [0.29, 0.717) is 37.6 Å². The molecular formula is C23H27N3O4S. The van der Waals surface area contributed by atoms with Crippen molar-refractivity contribution in [2.75, 3.05) is 41.3 Å². The lowest BCUT2D eigenvalue weighted by Crippen LogP contribution is -2.36. The molecule has 0 atom stereocenters. The van der Waals surface area contributed by atoms with Crippen LogP contribution in [0, 0.1) is 0 Å². The van der Waals surface area contributed by atoms with Crippen molar-refractivity contribution in [2.45, 2.75) is 43.1 Å². The molecule has 1 fully saturated rings. The lowest BCUT2D eigenvalue weighted by atomic mass is 10.00. The fourth-order valence-corrected chi connectivity index (χ4v) is 6.04. The number of amides is 1. The summed E-state index contributed by atoms with van der Waals surface area (Å²) in [5.74, 6) is 0.131. The SMILES string of the molecule is COC1CCN(c2ccc(NS(=O)(=O)c3cc4c5c(c3)CCN5C(=O)CC4)cc2)CC1. The van der Waals surface area contributed by atoms with Gasteiger partial charge in [0.05, 0.1) is 16.7 Å². The van der Waals surface area contributed by atoms with E-state index in [-0.39, 0.29) is 10.8 Å². The molecule has 0 spiro atoms. The summed E-state index contributed by atoms with van der Waals surface area (Å²) in [5.41, 5.74) is 4.45. The van der Waals surface area contributed by atoms with E-state index < -0.39 is 10.0 Å². The first kappa shape index (κ1) is 20.3. The van der Waals surface area contributed by atoms with Crippen molar-refractivity contribution in [3.05, 3.63) is 47.5 Å². The number of sulfonamides is 1. The number of benzene rings is 2. The first-order valence-corrected chi connectivity index (χ1v) is 12.3. The zero-order chi connectivity index (χ0) is 21.6. The van der Waals surface area contributed by atoms with Crippen molar-refractivity contribution in [3.8, 4) is 0 Å². The average Bonchev–Trinajstić information content (AvgIpc) is 3.22. The number of nitrogens with one attached hydrogen (secondary N) is 1. The lowest BCUT2D eigenvalue weighted by Gasteiger charge is -2.33. The molecule has 0 unspecified atom stereocenters. The number of piperidine rings is 1. The molecule has 31 heavy (non-hydrogen) atoms. The Bertz CT molecular complexity index is 1110. The van der Waals surface area contributed by atoms with Crippen molar-refractivity contribution in [1.29, 1.82) is 0 Å². The Morgan fingerprint density at radius 1 is 0.968 bits per heavy atom. The van der Waals surface area contributed by atoms with Crippen molar-refractivity contribution in [3.63, 3.8) is 0 Å². The second-order valence-corrected chi connectivity index (χ2v) is 10.1. The van der Waals surface area contributed by atoms with Gasteiger partial charge in [0.2, 0.25) is 5.91 Å². The van der Waals surface area contributed by atoms with Gasteiger partial charge in [0, 0.05) is 44.5 Å². The van der Waals surface area contributed by atoms with Gasteiger partial charge in [-0.25, -0.2) is 8.42 Å². The summed E-state index contributed by atoms with van der Waals surface area (Å²) in [6.07, 6.45) is 4.04. The standard InChI is InChI=1S/C23H27N3O4S/c1-30-20-9-11-25(12-10-20)19-5-3-18(4-6-19)24-31(28,29)21-14-16-2-7-22(27)26-13-8-17(15-21)23(16)26/h3-6,14-15,20,24H,2,7-13H2,1H3. The molecule has 2 aromatic rings. The first-order chi connectivity index (χ1) is 14.9. The predicted molar refractivity (Wildman–Crippen MR) is 120 cm³/mol. The second kappa shape index (κ2) is 7.84. The molecule has 8 heteroatoms. The Labute approximate surface area is 183 Å². The minimum atomic E-state index is -3.71. The molecule has 1 N–H and O–H groups in total. The highest BCUT2D eigenvalue weighted by atomic mass is 32.2. The zero-order valence-corrected chi connectivity index (χ0v) is 18.5. The highest BCUT2D eigenvalue weighted by Crippen LogP contribution is 2.38. The summed E-state index contributed by atoms with van der Waals surface area (Å²) in [6, 6.07) is 11.0. The van der Waals surface area contributed by atoms with Gasteiger partial charge in [0.15, 0.2) is 0 Å². The van der Waals surface area contributed by atoms with Gasteiger partial charge in [-0.05, 0) is 73.2 Å². The van der Waals surface area contributed by atoms with Crippen LogP contribution in [0.4, 0.5) is 17.1 Å². The van der Waals surface area contributed by atoms with Crippen molar-refractivity contribution >= 4 is 33.0 Å². The molecule has 0 aliphatic carbocycles. The van der Waals surface area contributed by atoms with Crippen LogP contribution in [0.2, 0.25) is 0 Å². The Hall–Kier alpha value is -2.58. The number of carbonyl (C=O) groups is 1. The van der Waals surface area contributed by atoms with Gasteiger partial charge in [-0.1, -0.05) is 0 Å². The van der Waals surface area contributed by atoms with Gasteiger partial charge in [-0.2, -0.15) is 0 Å². The van der Waals surface area contributed by atoms with Crippen LogP contribution in [0.15, 0.2) is 41.3 Å². The third-order valence-corrected chi connectivity index (χ3v) is 7.96. The maximum atomic E-state index is 13.1. The molecule has 3 heterocycles. The maximum absolute atomic E-state index is 13.1. The van der Waals surface area contributed by atoms with Crippen LogP contribution < -0.4 is 14.5 Å². The van der Waals surface area contributed by atoms with Crippen molar-refractivity contribution < 1.29 is 17.9 Å². The molecular weight excluding hydrogens is 414 g/mol. The summed E-state index contributed by atoms with van der Waals surface area (Å²) in [6.45, 7) is 2.50. The number of rotatable bonds is 5. The van der Waals surface area contributed by atoms with Crippen molar-refractivity contribution in [1.82, 2.24) is 0 Å². The molecule has 0 bridgehead atoms. The van der Waals surface area contributed by atoms with Crippen LogP contribution in [0.3, 0.4) is 0 Å². The summed E-state index contributed by atoms with van der Waals surface area (Å²) in [4.78, 5) is 16.5. The minimum absolute atomic E-state index is 0.131. The van der Waals surface area contributed by atoms with Gasteiger partial charge in [0.25, 0.3) is 10.0 Å². The maximum Gasteiger partial charge on any atom is 0.261 e. The Kier molecular flexibility index (Phi) is 5.14. The number of aryl methyl sites for hydroxylation is 1. The summed E-state index contributed by atoms with van der Waals surface area (Å²) in [7, 11) is -1.95. The molecule has 0 aromatic heterocycles. The molecule has 1 saturated heterocycles. The highest BCUT2D eigenvalue weighted by molar-refractivity contribution is 7.92. The zero-order valence-electron chi connectivity index (χ0n) is 17.6. The van der Waals surface area contributed by atoms with Gasteiger partial charge >= 0.3 is 0 Å². The number of hydrogen-bond acceptors (Lipinski definition) is 5. The van der Waals surface area contributed by atoms with Crippen LogP contribution in [-0.4, -0.2) is 47.2 Å².